The van der Waals surface area contributed by atoms with Crippen molar-refractivity contribution in [3.05, 3.63) is 0 Å². The van der Waals surface area contributed by atoms with E-state index in [2.05, 4.69) is 17.6 Å². The van der Waals surface area contributed by atoms with Crippen LogP contribution in [0, 0.1) is 11.8 Å². The Labute approximate surface area is 128 Å². The summed E-state index contributed by atoms with van der Waals surface area (Å²) in [6.45, 7) is 5.85. The van der Waals surface area contributed by atoms with Crippen LogP contribution in [0.3, 0.4) is 0 Å². The van der Waals surface area contributed by atoms with E-state index >= 15 is 0 Å². The first-order valence-electron chi connectivity index (χ1n) is 8.24. The molecule has 1 saturated carbocycles. The molecule has 1 aliphatic rings. The third-order valence-electron chi connectivity index (χ3n) is 4.44. The maximum Gasteiger partial charge on any atom is 0.239 e. The number of nitrogens with one attached hydrogen (secondary N) is 2. The number of hydrogen-bond acceptors (Lipinski definition) is 3. The first kappa shape index (κ1) is 18.0. The highest BCUT2D eigenvalue weighted by atomic mass is 16.2. The molecule has 0 saturated heterocycles. The van der Waals surface area contributed by atoms with E-state index in [1.807, 2.05) is 13.8 Å². The topological polar surface area (TPSA) is 84.2 Å². The van der Waals surface area contributed by atoms with Crippen molar-refractivity contribution in [3.63, 3.8) is 0 Å². The van der Waals surface area contributed by atoms with Crippen molar-refractivity contribution in [1.29, 1.82) is 0 Å². The summed E-state index contributed by atoms with van der Waals surface area (Å²) in [7, 11) is 0. The third kappa shape index (κ3) is 6.46. The van der Waals surface area contributed by atoms with Crippen molar-refractivity contribution in [3.8, 4) is 0 Å². The highest BCUT2D eigenvalue weighted by Gasteiger charge is 2.21. The molecule has 0 unspecified atom stereocenters. The summed E-state index contributed by atoms with van der Waals surface area (Å²) < 4.78 is 0. The molecule has 0 heterocycles. The predicted molar refractivity (Wildman–Crippen MR) is 84.6 cm³/mol. The van der Waals surface area contributed by atoms with Crippen LogP contribution in [0.25, 0.3) is 0 Å². The van der Waals surface area contributed by atoms with Gasteiger partial charge in [0.25, 0.3) is 0 Å². The van der Waals surface area contributed by atoms with Gasteiger partial charge in [-0.15, -0.1) is 0 Å². The summed E-state index contributed by atoms with van der Waals surface area (Å²) in [5.41, 5.74) is 5.74. The van der Waals surface area contributed by atoms with Gasteiger partial charge in [0.1, 0.15) is 0 Å². The van der Waals surface area contributed by atoms with Gasteiger partial charge in [-0.05, 0) is 31.6 Å². The standard InChI is InChI=1S/C16H31N3O2/c1-11(2)15(17)16(21)18-10-14(20)19-12(3)13-8-6-4-5-7-9-13/h11-13,15H,4-10,17H2,1-3H3,(H,18,21)(H,19,20)/t12-,15+/m1/s1. The van der Waals surface area contributed by atoms with Gasteiger partial charge in [-0.3, -0.25) is 9.59 Å². The van der Waals surface area contributed by atoms with Crippen LogP contribution in [-0.2, 0) is 9.59 Å². The van der Waals surface area contributed by atoms with Crippen LogP contribution in [-0.4, -0.2) is 30.4 Å². The summed E-state index contributed by atoms with van der Waals surface area (Å²) in [4.78, 5) is 23.6. The van der Waals surface area contributed by atoms with Crippen LogP contribution in [0.1, 0.15) is 59.3 Å². The van der Waals surface area contributed by atoms with E-state index in [0.717, 1.165) is 0 Å². The quantitative estimate of drug-likeness (QED) is 0.651. The largest absolute Gasteiger partial charge is 0.352 e. The van der Waals surface area contributed by atoms with Crippen LogP contribution in [0.5, 0.6) is 0 Å². The second-order valence-electron chi connectivity index (χ2n) is 6.60. The van der Waals surface area contributed by atoms with Crippen LogP contribution in [0.15, 0.2) is 0 Å². The Morgan fingerprint density at radius 3 is 2.19 bits per heavy atom. The summed E-state index contributed by atoms with van der Waals surface area (Å²) in [5.74, 6) is 0.237. The number of amides is 2. The number of rotatable bonds is 6. The highest BCUT2D eigenvalue weighted by molar-refractivity contribution is 5.87. The zero-order chi connectivity index (χ0) is 15.8. The molecule has 1 rings (SSSR count). The molecule has 4 N–H and O–H groups in total. The molecule has 2 amide bonds. The molecule has 0 aromatic rings. The molecule has 0 spiro atoms. The minimum atomic E-state index is -0.558. The Hall–Kier alpha value is -1.10. The van der Waals surface area contributed by atoms with E-state index in [1.54, 1.807) is 0 Å². The number of nitrogens with two attached hydrogens (primary N) is 1. The lowest BCUT2D eigenvalue weighted by Crippen LogP contribution is -2.49. The molecule has 0 aromatic heterocycles. The summed E-state index contributed by atoms with van der Waals surface area (Å²) in [5, 5.41) is 5.61. The third-order valence-corrected chi connectivity index (χ3v) is 4.44. The molecule has 0 aromatic carbocycles. The molecule has 5 heteroatoms. The minimum absolute atomic E-state index is 0.0102. The zero-order valence-corrected chi connectivity index (χ0v) is 13.7. The van der Waals surface area contributed by atoms with Gasteiger partial charge in [-0.25, -0.2) is 0 Å². The Bertz CT molecular complexity index is 336. The monoisotopic (exact) mass is 297 g/mol. The lowest BCUT2D eigenvalue weighted by molar-refractivity contribution is -0.127. The Morgan fingerprint density at radius 1 is 1.10 bits per heavy atom. The van der Waals surface area contributed by atoms with Crippen LogP contribution in [0.4, 0.5) is 0 Å². The van der Waals surface area contributed by atoms with E-state index in [-0.39, 0.29) is 30.3 Å². The number of carbonyl (C=O) groups excluding carboxylic acids is 2. The molecule has 0 bridgehead atoms. The second-order valence-corrected chi connectivity index (χ2v) is 6.60. The van der Waals surface area contributed by atoms with Crippen molar-refractivity contribution in [2.24, 2.45) is 17.6 Å². The van der Waals surface area contributed by atoms with E-state index in [0.29, 0.717) is 5.92 Å². The Kier molecular flexibility index (Phi) is 7.72. The minimum Gasteiger partial charge on any atom is -0.352 e. The van der Waals surface area contributed by atoms with Gasteiger partial charge in [0, 0.05) is 6.04 Å². The highest BCUT2D eigenvalue weighted by Crippen LogP contribution is 2.25. The molecule has 1 fully saturated rings. The van der Waals surface area contributed by atoms with Gasteiger partial charge in [0.2, 0.25) is 11.8 Å². The fraction of sp³-hybridized carbons (Fsp3) is 0.875. The van der Waals surface area contributed by atoms with Crippen molar-refractivity contribution in [1.82, 2.24) is 10.6 Å². The summed E-state index contributed by atoms with van der Waals surface area (Å²) >= 11 is 0. The van der Waals surface area contributed by atoms with Gasteiger partial charge in [-0.2, -0.15) is 0 Å². The van der Waals surface area contributed by atoms with E-state index < -0.39 is 6.04 Å². The first-order valence-corrected chi connectivity index (χ1v) is 8.24. The number of hydrogen-bond donors (Lipinski definition) is 3. The lowest BCUT2D eigenvalue weighted by atomic mass is 9.93. The first-order chi connectivity index (χ1) is 9.91. The lowest BCUT2D eigenvalue weighted by Gasteiger charge is -2.24. The normalized spacial score (nSPS) is 19.7. The molecular formula is C16H31N3O2. The molecular weight excluding hydrogens is 266 g/mol. The average Bonchev–Trinajstić information content (AvgIpc) is 2.72. The fourth-order valence-corrected chi connectivity index (χ4v) is 2.82. The zero-order valence-electron chi connectivity index (χ0n) is 13.7. The SMILES string of the molecule is CC(C)[C@H](N)C(=O)NCC(=O)N[C@H](C)C1CCCCCC1. The maximum absolute atomic E-state index is 11.9. The van der Waals surface area contributed by atoms with Gasteiger partial charge < -0.3 is 16.4 Å². The Balaban J connectivity index is 2.30. The van der Waals surface area contributed by atoms with Crippen molar-refractivity contribution < 1.29 is 9.59 Å². The van der Waals surface area contributed by atoms with Gasteiger partial charge >= 0.3 is 0 Å². The molecule has 0 aliphatic heterocycles. The molecule has 122 valence electrons. The van der Waals surface area contributed by atoms with Crippen molar-refractivity contribution in [2.75, 3.05) is 6.54 Å². The molecule has 0 radical (unpaired) electrons. The predicted octanol–water partition coefficient (Wildman–Crippen LogP) is 1.56. The van der Waals surface area contributed by atoms with E-state index in [4.69, 9.17) is 5.73 Å². The summed E-state index contributed by atoms with van der Waals surface area (Å²) in [6, 6.07) is -0.386. The Morgan fingerprint density at radius 2 is 1.67 bits per heavy atom. The van der Waals surface area contributed by atoms with Gasteiger partial charge in [0.05, 0.1) is 12.6 Å². The van der Waals surface area contributed by atoms with Crippen molar-refractivity contribution in [2.45, 2.75) is 71.4 Å². The molecule has 5 nitrogen and oxygen atoms in total. The second kappa shape index (κ2) is 9.03. The van der Waals surface area contributed by atoms with Crippen molar-refractivity contribution >= 4 is 11.8 Å². The summed E-state index contributed by atoms with van der Waals surface area (Å²) in [6.07, 6.45) is 7.49. The maximum atomic E-state index is 11.9. The van der Waals surface area contributed by atoms with Crippen LogP contribution in [0.2, 0.25) is 0 Å². The van der Waals surface area contributed by atoms with E-state index in [9.17, 15) is 9.59 Å². The number of carbonyl (C=O) groups is 2. The van der Waals surface area contributed by atoms with E-state index in [1.165, 1.54) is 38.5 Å². The van der Waals surface area contributed by atoms with Crippen LogP contribution >= 0.6 is 0 Å². The molecule has 21 heavy (non-hydrogen) atoms. The smallest absolute Gasteiger partial charge is 0.239 e. The fourth-order valence-electron chi connectivity index (χ4n) is 2.82. The van der Waals surface area contributed by atoms with Crippen LogP contribution < -0.4 is 16.4 Å². The van der Waals surface area contributed by atoms with Gasteiger partial charge in [0.15, 0.2) is 0 Å². The molecule has 2 atom stereocenters. The molecule has 1 aliphatic carbocycles. The van der Waals surface area contributed by atoms with Gasteiger partial charge in [-0.1, -0.05) is 39.5 Å². The average molecular weight is 297 g/mol.